The molecule has 16 heavy (non-hydrogen) atoms. The number of Topliss-reactive ketones (excluding diaryl/α,β-unsaturated/α-hetero) is 1. The minimum atomic E-state index is -0.107. The predicted molar refractivity (Wildman–Crippen MR) is 62.1 cm³/mol. The highest BCUT2D eigenvalue weighted by Crippen LogP contribution is 2.19. The van der Waals surface area contributed by atoms with Gasteiger partial charge in [-0.15, -0.1) is 0 Å². The Morgan fingerprint density at radius 3 is 2.75 bits per heavy atom. The standard InChI is InChI=1S/C13H22O3/c1-2-5-11-8-9-16-13(15)7-4-3-6-12(14)10-11/h11H,2-10H2,1H3. The molecule has 0 spiro atoms. The van der Waals surface area contributed by atoms with Gasteiger partial charge in [-0.25, -0.2) is 0 Å². The van der Waals surface area contributed by atoms with Gasteiger partial charge in [0, 0.05) is 19.3 Å². The highest BCUT2D eigenvalue weighted by atomic mass is 16.5. The Hall–Kier alpha value is -0.860. The van der Waals surface area contributed by atoms with E-state index in [4.69, 9.17) is 4.74 Å². The molecule has 3 nitrogen and oxygen atoms in total. The Balaban J connectivity index is 2.46. The maximum Gasteiger partial charge on any atom is 0.305 e. The Labute approximate surface area is 97.5 Å². The third-order valence-electron chi connectivity index (χ3n) is 3.09. The summed E-state index contributed by atoms with van der Waals surface area (Å²) in [7, 11) is 0. The first-order valence-corrected chi connectivity index (χ1v) is 6.39. The molecule has 0 radical (unpaired) electrons. The number of hydrogen-bond donors (Lipinski definition) is 0. The van der Waals surface area contributed by atoms with Gasteiger partial charge in [-0.1, -0.05) is 19.8 Å². The van der Waals surface area contributed by atoms with Crippen LogP contribution in [0.2, 0.25) is 0 Å². The van der Waals surface area contributed by atoms with Gasteiger partial charge in [-0.2, -0.15) is 0 Å². The van der Waals surface area contributed by atoms with Crippen LogP contribution in [-0.4, -0.2) is 18.4 Å². The van der Waals surface area contributed by atoms with Crippen LogP contribution in [0.3, 0.4) is 0 Å². The first kappa shape index (κ1) is 13.2. The van der Waals surface area contributed by atoms with Crippen molar-refractivity contribution < 1.29 is 14.3 Å². The molecule has 3 heteroatoms. The van der Waals surface area contributed by atoms with Crippen molar-refractivity contribution in [3.63, 3.8) is 0 Å². The van der Waals surface area contributed by atoms with Crippen LogP contribution in [0.4, 0.5) is 0 Å². The van der Waals surface area contributed by atoms with Gasteiger partial charge < -0.3 is 4.74 Å². The third kappa shape index (κ3) is 5.29. The summed E-state index contributed by atoms with van der Waals surface area (Å²) in [6.07, 6.45) is 6.36. The largest absolute Gasteiger partial charge is 0.466 e. The Kier molecular flexibility index (Phi) is 6.12. The van der Waals surface area contributed by atoms with Crippen molar-refractivity contribution in [2.75, 3.05) is 6.61 Å². The lowest BCUT2D eigenvalue weighted by molar-refractivity contribution is -0.144. The maximum absolute atomic E-state index is 11.7. The third-order valence-corrected chi connectivity index (χ3v) is 3.09. The van der Waals surface area contributed by atoms with E-state index in [0.29, 0.717) is 37.6 Å². The number of hydrogen-bond acceptors (Lipinski definition) is 3. The Morgan fingerprint density at radius 2 is 2.00 bits per heavy atom. The summed E-state index contributed by atoms with van der Waals surface area (Å²) in [6.45, 7) is 2.61. The van der Waals surface area contributed by atoms with Crippen molar-refractivity contribution in [2.24, 2.45) is 5.92 Å². The lowest BCUT2D eigenvalue weighted by Crippen LogP contribution is -2.12. The zero-order valence-electron chi connectivity index (χ0n) is 10.2. The van der Waals surface area contributed by atoms with Crippen molar-refractivity contribution in [3.05, 3.63) is 0 Å². The highest BCUT2D eigenvalue weighted by molar-refractivity contribution is 5.78. The molecule has 1 aliphatic rings. The van der Waals surface area contributed by atoms with Gasteiger partial charge in [0.1, 0.15) is 5.78 Å². The van der Waals surface area contributed by atoms with E-state index in [0.717, 1.165) is 32.1 Å². The van der Waals surface area contributed by atoms with E-state index in [1.54, 1.807) is 0 Å². The lowest BCUT2D eigenvalue weighted by atomic mass is 9.93. The van der Waals surface area contributed by atoms with Gasteiger partial charge in [0.25, 0.3) is 0 Å². The summed E-state index contributed by atoms with van der Waals surface area (Å²) < 4.78 is 5.14. The van der Waals surface area contributed by atoms with Crippen LogP contribution in [0.1, 0.15) is 58.3 Å². The van der Waals surface area contributed by atoms with E-state index in [9.17, 15) is 9.59 Å². The fourth-order valence-electron chi connectivity index (χ4n) is 2.18. The number of carbonyl (C=O) groups excluding carboxylic acids is 2. The average Bonchev–Trinajstić information content (AvgIpc) is 2.26. The van der Waals surface area contributed by atoms with Gasteiger partial charge in [-0.05, 0) is 25.2 Å². The van der Waals surface area contributed by atoms with Gasteiger partial charge in [0.05, 0.1) is 6.61 Å². The van der Waals surface area contributed by atoms with E-state index in [1.165, 1.54) is 0 Å². The van der Waals surface area contributed by atoms with Crippen LogP contribution in [0, 0.1) is 5.92 Å². The summed E-state index contributed by atoms with van der Waals surface area (Å²) in [5.74, 6) is 0.654. The molecule has 1 atom stereocenters. The van der Waals surface area contributed by atoms with Crippen LogP contribution in [0.25, 0.3) is 0 Å². The Bertz CT molecular complexity index is 235. The molecule has 1 saturated heterocycles. The summed E-state index contributed by atoms with van der Waals surface area (Å²) >= 11 is 0. The lowest BCUT2D eigenvalue weighted by Gasteiger charge is -2.14. The molecule has 0 aliphatic carbocycles. The first-order chi connectivity index (χ1) is 7.72. The quantitative estimate of drug-likeness (QED) is 0.680. The molecule has 0 N–H and O–H groups in total. The summed E-state index contributed by atoms with van der Waals surface area (Å²) in [5, 5.41) is 0. The number of rotatable bonds is 2. The van der Waals surface area contributed by atoms with Crippen LogP contribution in [0.5, 0.6) is 0 Å². The number of cyclic esters (lactones) is 1. The fraction of sp³-hybridized carbons (Fsp3) is 0.846. The van der Waals surface area contributed by atoms with Gasteiger partial charge in [0.2, 0.25) is 0 Å². The van der Waals surface area contributed by atoms with Crippen molar-refractivity contribution in [1.29, 1.82) is 0 Å². The van der Waals surface area contributed by atoms with Crippen LogP contribution < -0.4 is 0 Å². The normalized spacial score (nSPS) is 24.7. The molecule has 0 aromatic heterocycles. The Morgan fingerprint density at radius 1 is 1.25 bits per heavy atom. The van der Waals surface area contributed by atoms with Gasteiger partial charge in [-0.3, -0.25) is 9.59 Å². The molecule has 0 amide bonds. The van der Waals surface area contributed by atoms with Crippen molar-refractivity contribution >= 4 is 11.8 Å². The molecule has 1 rings (SSSR count). The number of carbonyl (C=O) groups is 2. The van der Waals surface area contributed by atoms with Crippen molar-refractivity contribution in [3.8, 4) is 0 Å². The zero-order valence-corrected chi connectivity index (χ0v) is 10.2. The van der Waals surface area contributed by atoms with E-state index in [1.807, 2.05) is 0 Å². The molecule has 1 heterocycles. The molecular formula is C13H22O3. The fourth-order valence-corrected chi connectivity index (χ4v) is 2.18. The first-order valence-electron chi connectivity index (χ1n) is 6.39. The topological polar surface area (TPSA) is 43.4 Å². The van der Waals surface area contributed by atoms with Crippen molar-refractivity contribution in [2.45, 2.75) is 58.3 Å². The monoisotopic (exact) mass is 226 g/mol. The summed E-state index contributed by atoms with van der Waals surface area (Å²) in [5.41, 5.74) is 0. The molecule has 1 fully saturated rings. The predicted octanol–water partition coefficient (Wildman–Crippen LogP) is 2.87. The zero-order chi connectivity index (χ0) is 11.8. The van der Waals surface area contributed by atoms with Crippen LogP contribution >= 0.6 is 0 Å². The number of ketones is 1. The van der Waals surface area contributed by atoms with Crippen LogP contribution in [-0.2, 0) is 14.3 Å². The molecular weight excluding hydrogens is 204 g/mol. The molecule has 0 aromatic rings. The molecule has 0 saturated carbocycles. The minimum absolute atomic E-state index is 0.107. The molecule has 92 valence electrons. The summed E-state index contributed by atoms with van der Waals surface area (Å²) in [4.78, 5) is 22.9. The van der Waals surface area contributed by atoms with E-state index in [2.05, 4.69) is 6.92 Å². The van der Waals surface area contributed by atoms with Crippen LogP contribution in [0.15, 0.2) is 0 Å². The number of ether oxygens (including phenoxy) is 1. The highest BCUT2D eigenvalue weighted by Gasteiger charge is 2.15. The second-order valence-electron chi connectivity index (χ2n) is 4.61. The maximum atomic E-state index is 11.7. The van der Waals surface area contributed by atoms with E-state index in [-0.39, 0.29) is 5.97 Å². The van der Waals surface area contributed by atoms with Gasteiger partial charge in [0.15, 0.2) is 0 Å². The SMILES string of the molecule is CCCC1CCOC(=O)CCCCC(=O)C1. The summed E-state index contributed by atoms with van der Waals surface area (Å²) in [6, 6.07) is 0. The van der Waals surface area contributed by atoms with Gasteiger partial charge >= 0.3 is 5.97 Å². The smallest absolute Gasteiger partial charge is 0.305 e. The average molecular weight is 226 g/mol. The van der Waals surface area contributed by atoms with E-state index < -0.39 is 0 Å². The minimum Gasteiger partial charge on any atom is -0.466 e. The molecule has 1 unspecified atom stereocenters. The molecule has 1 aliphatic heterocycles. The number of esters is 1. The second kappa shape index (κ2) is 7.42. The van der Waals surface area contributed by atoms with Crippen molar-refractivity contribution in [1.82, 2.24) is 0 Å². The molecule has 0 aromatic carbocycles. The second-order valence-corrected chi connectivity index (χ2v) is 4.61. The van der Waals surface area contributed by atoms with E-state index >= 15 is 0 Å². The molecule has 0 bridgehead atoms.